The number of rotatable bonds is 3. The lowest BCUT2D eigenvalue weighted by Crippen LogP contribution is -2.39. The molecule has 0 saturated heterocycles. The van der Waals surface area contributed by atoms with Crippen LogP contribution < -0.4 is 0 Å². The summed E-state index contributed by atoms with van der Waals surface area (Å²) in [4.78, 5) is 22.6. The van der Waals surface area contributed by atoms with E-state index in [1.807, 2.05) is 0 Å². The van der Waals surface area contributed by atoms with Crippen LogP contribution in [0.1, 0.15) is 20.8 Å². The smallest absolute Gasteiger partial charge is 0.378 e. The van der Waals surface area contributed by atoms with Crippen molar-refractivity contribution < 1.29 is 34.4 Å². The molecular formula is C11H16O7. The Morgan fingerprint density at radius 2 is 2.00 bits per heavy atom. The maximum absolute atomic E-state index is 11.6. The summed E-state index contributed by atoms with van der Waals surface area (Å²) in [7, 11) is 0. The van der Waals surface area contributed by atoms with Crippen LogP contribution in [-0.4, -0.2) is 46.1 Å². The highest BCUT2D eigenvalue weighted by molar-refractivity contribution is 5.89. The van der Waals surface area contributed by atoms with Gasteiger partial charge in [0.15, 0.2) is 11.9 Å². The number of esters is 2. The summed E-state index contributed by atoms with van der Waals surface area (Å²) in [6.45, 7) is 4.17. The molecule has 1 aliphatic rings. The van der Waals surface area contributed by atoms with Gasteiger partial charge in [-0.3, -0.25) is 4.79 Å². The fourth-order valence-corrected chi connectivity index (χ4v) is 1.23. The van der Waals surface area contributed by atoms with E-state index in [9.17, 15) is 14.7 Å². The highest BCUT2D eigenvalue weighted by Gasteiger charge is 2.42. The summed E-state index contributed by atoms with van der Waals surface area (Å²) in [6, 6.07) is 0. The normalized spacial score (nSPS) is 21.8. The lowest BCUT2D eigenvalue weighted by atomic mass is 9.97. The van der Waals surface area contributed by atoms with Crippen LogP contribution in [0.3, 0.4) is 0 Å². The van der Waals surface area contributed by atoms with E-state index in [1.165, 1.54) is 0 Å². The number of hydrogen-bond donors (Lipinski definition) is 3. The first-order valence-electron chi connectivity index (χ1n) is 5.33. The molecule has 1 rings (SSSR count). The number of cyclic esters (lactones) is 1. The zero-order valence-corrected chi connectivity index (χ0v) is 10.3. The highest BCUT2D eigenvalue weighted by atomic mass is 16.6. The average Bonchev–Trinajstić information content (AvgIpc) is 2.52. The molecule has 0 bridgehead atoms. The first-order valence-corrected chi connectivity index (χ1v) is 5.33. The van der Waals surface area contributed by atoms with Crippen molar-refractivity contribution in [1.29, 1.82) is 0 Å². The van der Waals surface area contributed by atoms with E-state index in [2.05, 4.69) is 4.74 Å². The van der Waals surface area contributed by atoms with Crippen molar-refractivity contribution in [2.24, 2.45) is 5.41 Å². The van der Waals surface area contributed by atoms with Crippen LogP contribution >= 0.6 is 0 Å². The molecule has 0 aliphatic carbocycles. The van der Waals surface area contributed by atoms with Crippen molar-refractivity contribution in [2.75, 3.05) is 6.61 Å². The zero-order chi connectivity index (χ0) is 14.1. The zero-order valence-electron chi connectivity index (χ0n) is 10.3. The number of carbonyl (C=O) groups excluding carboxylic acids is 2. The summed E-state index contributed by atoms with van der Waals surface area (Å²) in [6.07, 6.45) is -2.64. The Hall–Kier alpha value is -1.76. The highest BCUT2D eigenvalue weighted by Crippen LogP contribution is 2.25. The van der Waals surface area contributed by atoms with E-state index in [0.29, 0.717) is 0 Å². The molecule has 0 aromatic heterocycles. The molecule has 0 unspecified atom stereocenters. The van der Waals surface area contributed by atoms with Gasteiger partial charge in [0.05, 0.1) is 12.0 Å². The summed E-state index contributed by atoms with van der Waals surface area (Å²) in [5.41, 5.74) is -0.808. The fraction of sp³-hybridized carbons (Fsp3) is 0.636. The standard InChI is InChI=1S/C11H16O7/c1-11(2,3)10(16)17-5(4-12)8-6(13)7(14)9(15)18-8/h5,8,12-14H,4H2,1-3H3/t5-,8+/m0/s1. The van der Waals surface area contributed by atoms with Crippen molar-refractivity contribution in [1.82, 2.24) is 0 Å². The van der Waals surface area contributed by atoms with Crippen molar-refractivity contribution in [3.8, 4) is 0 Å². The van der Waals surface area contributed by atoms with Gasteiger partial charge < -0.3 is 24.8 Å². The lowest BCUT2D eigenvalue weighted by molar-refractivity contribution is -0.172. The second kappa shape index (κ2) is 4.85. The topological polar surface area (TPSA) is 113 Å². The van der Waals surface area contributed by atoms with Gasteiger partial charge in [0.25, 0.3) is 0 Å². The number of ether oxygens (including phenoxy) is 2. The van der Waals surface area contributed by atoms with Gasteiger partial charge in [0, 0.05) is 0 Å². The SMILES string of the molecule is CC(C)(C)C(=O)O[C@@H](CO)[C@H]1OC(=O)C(O)=C1O. The van der Waals surface area contributed by atoms with Crippen LogP contribution in [0.4, 0.5) is 0 Å². The molecule has 0 saturated carbocycles. The summed E-state index contributed by atoms with van der Waals surface area (Å²) < 4.78 is 9.55. The molecule has 3 N–H and O–H groups in total. The van der Waals surface area contributed by atoms with Gasteiger partial charge in [-0.1, -0.05) is 0 Å². The molecule has 0 aromatic carbocycles. The molecule has 0 radical (unpaired) electrons. The molecule has 0 fully saturated rings. The molecular weight excluding hydrogens is 244 g/mol. The van der Waals surface area contributed by atoms with Crippen LogP contribution in [0.25, 0.3) is 0 Å². The van der Waals surface area contributed by atoms with E-state index in [4.69, 9.17) is 14.9 Å². The Balaban J connectivity index is 2.81. The largest absolute Gasteiger partial charge is 0.505 e. The number of aliphatic hydroxyl groups excluding tert-OH is 3. The maximum atomic E-state index is 11.6. The van der Waals surface area contributed by atoms with Gasteiger partial charge in [-0.05, 0) is 20.8 Å². The fourth-order valence-electron chi connectivity index (χ4n) is 1.23. The first-order chi connectivity index (χ1) is 8.18. The quantitative estimate of drug-likeness (QED) is 0.620. The number of aliphatic hydroxyl groups is 3. The van der Waals surface area contributed by atoms with E-state index in [-0.39, 0.29) is 0 Å². The van der Waals surface area contributed by atoms with Crippen molar-refractivity contribution >= 4 is 11.9 Å². The van der Waals surface area contributed by atoms with E-state index in [0.717, 1.165) is 0 Å². The van der Waals surface area contributed by atoms with Gasteiger partial charge in [0.1, 0.15) is 0 Å². The molecule has 7 heteroatoms. The Bertz CT molecular complexity index is 391. The van der Waals surface area contributed by atoms with E-state index >= 15 is 0 Å². The maximum Gasteiger partial charge on any atom is 0.378 e. The van der Waals surface area contributed by atoms with Crippen LogP contribution in [0.2, 0.25) is 0 Å². The predicted octanol–water partition coefficient (Wildman–Crippen LogP) is 0.190. The molecule has 1 aliphatic heterocycles. The number of carbonyl (C=O) groups is 2. The van der Waals surface area contributed by atoms with Gasteiger partial charge in [-0.15, -0.1) is 0 Å². The van der Waals surface area contributed by atoms with Crippen molar-refractivity contribution in [3.05, 3.63) is 11.5 Å². The molecule has 0 amide bonds. The Morgan fingerprint density at radius 3 is 2.33 bits per heavy atom. The molecule has 102 valence electrons. The van der Waals surface area contributed by atoms with Crippen LogP contribution in [0.15, 0.2) is 11.5 Å². The molecule has 2 atom stereocenters. The summed E-state index contributed by atoms with van der Waals surface area (Å²) in [5.74, 6) is -3.44. The second-order valence-electron chi connectivity index (χ2n) is 4.94. The third-order valence-electron chi connectivity index (χ3n) is 2.33. The van der Waals surface area contributed by atoms with Crippen molar-refractivity contribution in [3.63, 3.8) is 0 Å². The monoisotopic (exact) mass is 260 g/mol. The third-order valence-corrected chi connectivity index (χ3v) is 2.33. The van der Waals surface area contributed by atoms with Gasteiger partial charge >= 0.3 is 11.9 Å². The first kappa shape index (κ1) is 14.3. The van der Waals surface area contributed by atoms with E-state index in [1.54, 1.807) is 20.8 Å². The molecule has 1 heterocycles. The van der Waals surface area contributed by atoms with Crippen LogP contribution in [-0.2, 0) is 19.1 Å². The molecule has 18 heavy (non-hydrogen) atoms. The predicted molar refractivity (Wildman–Crippen MR) is 58.6 cm³/mol. The average molecular weight is 260 g/mol. The minimum atomic E-state index is -1.38. The third kappa shape index (κ3) is 2.73. The molecule has 0 aromatic rings. The van der Waals surface area contributed by atoms with Gasteiger partial charge in [-0.25, -0.2) is 4.79 Å². The lowest BCUT2D eigenvalue weighted by Gasteiger charge is -2.25. The molecule has 7 nitrogen and oxygen atoms in total. The van der Waals surface area contributed by atoms with E-state index < -0.39 is 47.7 Å². The molecule has 0 spiro atoms. The van der Waals surface area contributed by atoms with Crippen LogP contribution in [0, 0.1) is 5.41 Å². The Kier molecular flexibility index (Phi) is 3.85. The van der Waals surface area contributed by atoms with Gasteiger partial charge in [0.2, 0.25) is 11.9 Å². The summed E-state index contributed by atoms with van der Waals surface area (Å²) in [5, 5.41) is 27.6. The van der Waals surface area contributed by atoms with Gasteiger partial charge in [-0.2, -0.15) is 0 Å². The second-order valence-corrected chi connectivity index (χ2v) is 4.94. The Morgan fingerprint density at radius 1 is 1.44 bits per heavy atom. The Labute approximate surface area is 104 Å². The van der Waals surface area contributed by atoms with Crippen LogP contribution in [0.5, 0.6) is 0 Å². The van der Waals surface area contributed by atoms with Crippen molar-refractivity contribution in [2.45, 2.75) is 33.0 Å². The number of hydrogen-bond acceptors (Lipinski definition) is 7. The minimum Gasteiger partial charge on any atom is -0.505 e. The minimum absolute atomic E-state index is 0.628. The summed E-state index contributed by atoms with van der Waals surface area (Å²) >= 11 is 0.